The SMILES string of the molecule is CC(O)CCOc1cccc(F)c1CN. The van der Waals surface area contributed by atoms with Gasteiger partial charge in [-0.25, -0.2) is 4.39 Å². The van der Waals surface area contributed by atoms with E-state index in [2.05, 4.69) is 0 Å². The first-order valence-corrected chi connectivity index (χ1v) is 4.93. The average Bonchev–Trinajstić information content (AvgIpc) is 2.17. The van der Waals surface area contributed by atoms with Crippen LogP contribution in [-0.4, -0.2) is 17.8 Å². The molecule has 0 fully saturated rings. The molecule has 1 rings (SSSR count). The first-order chi connectivity index (χ1) is 7.15. The molecule has 84 valence electrons. The van der Waals surface area contributed by atoms with E-state index in [0.717, 1.165) is 0 Å². The Labute approximate surface area is 88.7 Å². The molecule has 0 spiro atoms. The summed E-state index contributed by atoms with van der Waals surface area (Å²) in [6.45, 7) is 2.14. The molecule has 0 aliphatic heterocycles. The molecular formula is C11H16FNO2. The topological polar surface area (TPSA) is 55.5 Å². The Morgan fingerprint density at radius 1 is 1.53 bits per heavy atom. The first-order valence-electron chi connectivity index (χ1n) is 4.93. The van der Waals surface area contributed by atoms with E-state index in [1.807, 2.05) is 0 Å². The zero-order valence-electron chi connectivity index (χ0n) is 8.74. The molecule has 3 N–H and O–H groups in total. The predicted molar refractivity (Wildman–Crippen MR) is 56.1 cm³/mol. The van der Waals surface area contributed by atoms with Crippen LogP contribution in [0.2, 0.25) is 0 Å². The van der Waals surface area contributed by atoms with Gasteiger partial charge in [0, 0.05) is 18.5 Å². The third-order valence-corrected chi connectivity index (χ3v) is 2.07. The lowest BCUT2D eigenvalue weighted by atomic mass is 10.2. The fraction of sp³-hybridized carbons (Fsp3) is 0.455. The third kappa shape index (κ3) is 3.49. The summed E-state index contributed by atoms with van der Waals surface area (Å²) in [6, 6.07) is 4.60. The minimum atomic E-state index is -0.417. The van der Waals surface area contributed by atoms with Crippen LogP contribution in [-0.2, 0) is 6.54 Å². The van der Waals surface area contributed by atoms with Crippen LogP contribution in [0, 0.1) is 5.82 Å². The van der Waals surface area contributed by atoms with Gasteiger partial charge in [0.2, 0.25) is 0 Å². The highest BCUT2D eigenvalue weighted by atomic mass is 19.1. The van der Waals surface area contributed by atoms with Crippen molar-refractivity contribution in [2.24, 2.45) is 5.73 Å². The molecule has 0 amide bonds. The summed E-state index contributed by atoms with van der Waals surface area (Å²) in [7, 11) is 0. The molecular weight excluding hydrogens is 197 g/mol. The third-order valence-electron chi connectivity index (χ3n) is 2.07. The Hall–Kier alpha value is -1.13. The van der Waals surface area contributed by atoms with Gasteiger partial charge in [0.15, 0.2) is 0 Å². The Morgan fingerprint density at radius 2 is 2.27 bits per heavy atom. The molecule has 1 unspecified atom stereocenters. The summed E-state index contributed by atoms with van der Waals surface area (Å²) in [4.78, 5) is 0. The van der Waals surface area contributed by atoms with Gasteiger partial charge in [0.05, 0.1) is 12.7 Å². The van der Waals surface area contributed by atoms with Gasteiger partial charge in [0.1, 0.15) is 11.6 Å². The van der Waals surface area contributed by atoms with Crippen molar-refractivity contribution in [2.45, 2.75) is 26.0 Å². The number of rotatable bonds is 5. The highest BCUT2D eigenvalue weighted by Crippen LogP contribution is 2.20. The lowest BCUT2D eigenvalue weighted by Gasteiger charge is -2.11. The van der Waals surface area contributed by atoms with E-state index >= 15 is 0 Å². The molecule has 1 atom stereocenters. The molecule has 0 aliphatic carbocycles. The Bertz CT molecular complexity index is 315. The number of aliphatic hydroxyl groups is 1. The minimum absolute atomic E-state index is 0.108. The van der Waals surface area contributed by atoms with Gasteiger partial charge < -0.3 is 15.6 Å². The van der Waals surface area contributed by atoms with Crippen molar-refractivity contribution < 1.29 is 14.2 Å². The normalized spacial score (nSPS) is 12.5. The van der Waals surface area contributed by atoms with Gasteiger partial charge in [-0.1, -0.05) is 6.07 Å². The van der Waals surface area contributed by atoms with Gasteiger partial charge in [-0.05, 0) is 19.1 Å². The second-order valence-electron chi connectivity index (χ2n) is 3.41. The molecule has 0 aromatic heterocycles. The van der Waals surface area contributed by atoms with Crippen LogP contribution in [0.25, 0.3) is 0 Å². The van der Waals surface area contributed by atoms with Crippen LogP contribution in [0.5, 0.6) is 5.75 Å². The largest absolute Gasteiger partial charge is 0.493 e. The van der Waals surface area contributed by atoms with Crippen LogP contribution in [0.3, 0.4) is 0 Å². The molecule has 0 bridgehead atoms. The quantitative estimate of drug-likeness (QED) is 0.778. The summed E-state index contributed by atoms with van der Waals surface area (Å²) in [6.07, 6.45) is 0.0976. The van der Waals surface area contributed by atoms with Crippen LogP contribution < -0.4 is 10.5 Å². The van der Waals surface area contributed by atoms with E-state index in [-0.39, 0.29) is 12.4 Å². The van der Waals surface area contributed by atoms with Crippen LogP contribution in [0.4, 0.5) is 4.39 Å². The van der Waals surface area contributed by atoms with E-state index < -0.39 is 6.10 Å². The van der Waals surface area contributed by atoms with Crippen molar-refractivity contribution >= 4 is 0 Å². The van der Waals surface area contributed by atoms with Crippen molar-refractivity contribution in [2.75, 3.05) is 6.61 Å². The summed E-state index contributed by atoms with van der Waals surface area (Å²) < 4.78 is 18.6. The molecule has 1 aromatic carbocycles. The smallest absolute Gasteiger partial charge is 0.131 e. The number of hydrogen-bond acceptors (Lipinski definition) is 3. The lowest BCUT2D eigenvalue weighted by Crippen LogP contribution is -2.10. The molecule has 15 heavy (non-hydrogen) atoms. The molecule has 4 heteroatoms. The maximum Gasteiger partial charge on any atom is 0.131 e. The highest BCUT2D eigenvalue weighted by Gasteiger charge is 2.07. The molecule has 0 aliphatic rings. The first kappa shape index (κ1) is 11.9. The zero-order valence-corrected chi connectivity index (χ0v) is 8.74. The number of halogens is 1. The monoisotopic (exact) mass is 213 g/mol. The molecule has 1 aromatic rings. The predicted octanol–water partition coefficient (Wildman–Crippen LogP) is 1.43. The minimum Gasteiger partial charge on any atom is -0.493 e. The Balaban J connectivity index is 2.64. The molecule has 3 nitrogen and oxygen atoms in total. The Kier molecular flexibility index (Phi) is 4.52. The van der Waals surface area contributed by atoms with Crippen molar-refractivity contribution in [3.05, 3.63) is 29.6 Å². The summed E-state index contributed by atoms with van der Waals surface area (Å²) in [5.74, 6) is 0.102. The van der Waals surface area contributed by atoms with E-state index in [1.165, 1.54) is 6.07 Å². The lowest BCUT2D eigenvalue weighted by molar-refractivity contribution is 0.155. The molecule has 0 saturated heterocycles. The second kappa shape index (κ2) is 5.68. The maximum absolute atomic E-state index is 13.2. The van der Waals surface area contributed by atoms with E-state index in [4.69, 9.17) is 15.6 Å². The van der Waals surface area contributed by atoms with Crippen molar-refractivity contribution in [3.8, 4) is 5.75 Å². The van der Waals surface area contributed by atoms with Crippen LogP contribution >= 0.6 is 0 Å². The van der Waals surface area contributed by atoms with Gasteiger partial charge in [0.25, 0.3) is 0 Å². The van der Waals surface area contributed by atoms with E-state index in [9.17, 15) is 4.39 Å². The zero-order chi connectivity index (χ0) is 11.3. The summed E-state index contributed by atoms with van der Waals surface area (Å²) in [5, 5.41) is 9.03. The van der Waals surface area contributed by atoms with Crippen LogP contribution in [0.1, 0.15) is 18.9 Å². The fourth-order valence-corrected chi connectivity index (χ4v) is 1.21. The van der Waals surface area contributed by atoms with Crippen LogP contribution in [0.15, 0.2) is 18.2 Å². The number of hydrogen-bond donors (Lipinski definition) is 2. The number of benzene rings is 1. The number of ether oxygens (including phenoxy) is 1. The highest BCUT2D eigenvalue weighted by molar-refractivity contribution is 5.34. The second-order valence-corrected chi connectivity index (χ2v) is 3.41. The van der Waals surface area contributed by atoms with Gasteiger partial charge in [-0.3, -0.25) is 0 Å². The summed E-state index contributed by atoms with van der Waals surface area (Å²) in [5.41, 5.74) is 5.79. The van der Waals surface area contributed by atoms with Crippen molar-refractivity contribution in [1.29, 1.82) is 0 Å². The van der Waals surface area contributed by atoms with Crippen molar-refractivity contribution in [3.63, 3.8) is 0 Å². The number of aliphatic hydroxyl groups excluding tert-OH is 1. The molecule has 0 heterocycles. The average molecular weight is 213 g/mol. The van der Waals surface area contributed by atoms with Crippen molar-refractivity contribution in [1.82, 2.24) is 0 Å². The fourth-order valence-electron chi connectivity index (χ4n) is 1.21. The van der Waals surface area contributed by atoms with Gasteiger partial charge >= 0.3 is 0 Å². The van der Waals surface area contributed by atoms with Gasteiger partial charge in [-0.2, -0.15) is 0 Å². The Morgan fingerprint density at radius 3 is 2.87 bits per heavy atom. The van der Waals surface area contributed by atoms with Gasteiger partial charge in [-0.15, -0.1) is 0 Å². The maximum atomic E-state index is 13.2. The number of nitrogens with two attached hydrogens (primary N) is 1. The standard InChI is InChI=1S/C11H16FNO2/c1-8(14)5-6-15-11-4-2-3-10(12)9(11)7-13/h2-4,8,14H,5-7,13H2,1H3. The summed E-state index contributed by atoms with van der Waals surface area (Å²) >= 11 is 0. The van der Waals surface area contributed by atoms with E-state index in [0.29, 0.717) is 24.3 Å². The van der Waals surface area contributed by atoms with E-state index in [1.54, 1.807) is 19.1 Å². The molecule has 0 radical (unpaired) electrons. The molecule has 0 saturated carbocycles.